The van der Waals surface area contributed by atoms with E-state index in [9.17, 15) is 58.3 Å². The SMILES string of the molecule is CCC(C)C=CC(=O)N1CC(C)CC1C(=O)NC(CC(C)C)C(=O)NC(C(=O)NC(C)(C)C(=O)NC(CC(C)C)C(=O)NC(CC(C)C)C(=O)NC(C)(C)C(=O)NC(C)(C)C(=O)NCCC(=O)NC(C)C[N+](C)(C)[O-])C(O)C(C)C. The maximum atomic E-state index is 14.2. The van der Waals surface area contributed by atoms with Gasteiger partial charge in [0, 0.05) is 19.5 Å². The topological polar surface area (TPSA) is 326 Å². The van der Waals surface area contributed by atoms with Gasteiger partial charge in [-0.15, -0.1) is 0 Å². The monoisotopic (exact) mass is 1130 g/mol. The van der Waals surface area contributed by atoms with Gasteiger partial charge in [0.2, 0.25) is 59.1 Å². The van der Waals surface area contributed by atoms with Gasteiger partial charge in [-0.3, -0.25) is 47.9 Å². The number of carbonyl (C=O) groups excluding carboxylic acids is 10. The number of nitrogens with zero attached hydrogens (tertiary/aromatic N) is 2. The van der Waals surface area contributed by atoms with Crippen LogP contribution in [0, 0.1) is 40.7 Å². The molecule has 23 heteroatoms. The van der Waals surface area contributed by atoms with Crippen LogP contribution in [0.15, 0.2) is 12.2 Å². The van der Waals surface area contributed by atoms with E-state index in [4.69, 9.17) is 0 Å². The lowest BCUT2D eigenvalue weighted by atomic mass is 9.95. The summed E-state index contributed by atoms with van der Waals surface area (Å²) in [5.41, 5.74) is -4.90. The van der Waals surface area contributed by atoms with E-state index in [2.05, 4.69) is 47.9 Å². The van der Waals surface area contributed by atoms with Gasteiger partial charge in [0.15, 0.2) is 0 Å². The summed E-state index contributed by atoms with van der Waals surface area (Å²) in [6, 6.07) is -6.46. The van der Waals surface area contributed by atoms with Crippen molar-refractivity contribution in [3.8, 4) is 0 Å². The molecule has 9 unspecified atom stereocenters. The normalized spacial score (nSPS) is 17.9. The summed E-state index contributed by atoms with van der Waals surface area (Å²) in [7, 11) is 2.92. The zero-order valence-corrected chi connectivity index (χ0v) is 51.9. The minimum Gasteiger partial charge on any atom is -0.633 e. The Labute approximate surface area is 476 Å². The van der Waals surface area contributed by atoms with Crippen molar-refractivity contribution >= 4 is 59.1 Å². The van der Waals surface area contributed by atoms with Gasteiger partial charge in [-0.2, -0.15) is 0 Å². The molecule has 80 heavy (non-hydrogen) atoms. The fraction of sp³-hybridized carbons (Fsp3) is 0.789. The number of aliphatic hydroxyl groups excluding tert-OH is 1. The Balaban J connectivity index is 3.27. The lowest BCUT2D eigenvalue weighted by Gasteiger charge is -2.36. The molecule has 1 aliphatic heterocycles. The standard InChI is InChI=1S/C57H103N11O12/c1-21-36(10)22-23-44(70)67-30-37(11)29-42(67)50(75)61-39(26-32(2)3)48(73)63-45(46(71)35(8)9)51(76)65-56(15,16)53(78)62-40(27-33(4)5)47(72)60-41(28-34(6)7)49(74)64-57(17,18)54(79)66-55(13,14)52(77)58-25-24-43(69)59-38(12)31-68(19,20)80/h22-23,32-42,45-46,71H,21,24-31H2,1-20H3,(H,58,77)(H,59,69)(H,60,72)(H,61,75)(H,62,78)(H,63,73)(H,64,74)(H,65,76)(H,66,79). The molecular weight excluding hydrogens is 1030 g/mol. The van der Waals surface area contributed by atoms with Crippen molar-refractivity contribution in [2.75, 3.05) is 33.7 Å². The first kappa shape index (κ1) is 72.3. The number of hydrogen-bond donors (Lipinski definition) is 10. The smallest absolute Gasteiger partial charge is 0.246 e. The van der Waals surface area contributed by atoms with Crippen LogP contribution in [-0.2, 0) is 47.9 Å². The largest absolute Gasteiger partial charge is 0.633 e. The molecule has 0 spiro atoms. The van der Waals surface area contributed by atoms with E-state index in [-0.39, 0.29) is 80.2 Å². The third kappa shape index (κ3) is 25.0. The summed E-state index contributed by atoms with van der Waals surface area (Å²) in [6.45, 7) is 30.9. The summed E-state index contributed by atoms with van der Waals surface area (Å²) >= 11 is 0. The van der Waals surface area contributed by atoms with Crippen molar-refractivity contribution in [1.82, 2.24) is 52.8 Å². The predicted molar refractivity (Wildman–Crippen MR) is 307 cm³/mol. The minimum absolute atomic E-state index is 0.0205. The maximum absolute atomic E-state index is 14.2. The number of aliphatic hydroxyl groups is 1. The molecule has 10 amide bonds. The Morgan fingerprint density at radius 1 is 0.637 bits per heavy atom. The molecule has 0 bridgehead atoms. The summed E-state index contributed by atoms with van der Waals surface area (Å²) in [5.74, 6) is -7.31. The Kier molecular flexibility index (Phi) is 28.5. The number of hydroxylamine groups is 3. The highest BCUT2D eigenvalue weighted by molar-refractivity contribution is 6.00. The second-order valence-corrected chi connectivity index (χ2v) is 25.9. The summed E-state index contributed by atoms with van der Waals surface area (Å²) in [6.07, 6.45) is 3.33. The van der Waals surface area contributed by atoms with E-state index in [1.165, 1.54) is 66.6 Å². The van der Waals surface area contributed by atoms with Crippen LogP contribution in [0.1, 0.15) is 163 Å². The number of nitrogens with one attached hydrogen (secondary N) is 9. The van der Waals surface area contributed by atoms with Crippen LogP contribution < -0.4 is 47.9 Å². The molecular formula is C57H103N11O12. The van der Waals surface area contributed by atoms with E-state index in [0.717, 1.165) is 6.42 Å². The molecule has 0 aliphatic carbocycles. The number of carbonyl (C=O) groups is 10. The Morgan fingerprint density at radius 3 is 1.61 bits per heavy atom. The third-order valence-electron chi connectivity index (χ3n) is 13.7. The molecule has 1 fully saturated rings. The van der Waals surface area contributed by atoms with Gasteiger partial charge in [-0.05, 0) is 116 Å². The van der Waals surface area contributed by atoms with Crippen LogP contribution in [0.3, 0.4) is 0 Å². The first-order chi connectivity index (χ1) is 36.5. The first-order valence-corrected chi connectivity index (χ1v) is 28.5. The van der Waals surface area contributed by atoms with Crippen LogP contribution in [-0.4, -0.2) is 166 Å². The molecule has 1 aliphatic rings. The number of rotatable bonds is 32. The van der Waals surface area contributed by atoms with Crippen LogP contribution in [0.25, 0.3) is 0 Å². The first-order valence-electron chi connectivity index (χ1n) is 28.5. The highest BCUT2D eigenvalue weighted by Crippen LogP contribution is 2.25. The highest BCUT2D eigenvalue weighted by atomic mass is 16.5. The number of likely N-dealkylation sites (N-methyl/N-ethyl adjacent to an activating group) is 1. The molecule has 1 heterocycles. The second kappa shape index (κ2) is 31.5. The van der Waals surface area contributed by atoms with Gasteiger partial charge in [0.05, 0.1) is 32.8 Å². The number of allylic oxidation sites excluding steroid dienone is 1. The summed E-state index contributed by atoms with van der Waals surface area (Å²) in [4.78, 5) is 139. The molecule has 9 atom stereocenters. The molecule has 23 nitrogen and oxygen atoms in total. The Hall–Kier alpha value is -5.68. The summed E-state index contributed by atoms with van der Waals surface area (Å²) in [5, 5.41) is 47.6. The molecule has 0 aromatic carbocycles. The predicted octanol–water partition coefficient (Wildman–Crippen LogP) is 2.19. The molecule has 0 saturated carbocycles. The van der Waals surface area contributed by atoms with Gasteiger partial charge in [-0.1, -0.05) is 88.7 Å². The van der Waals surface area contributed by atoms with Gasteiger partial charge in [0.25, 0.3) is 0 Å². The molecule has 1 saturated heterocycles. The highest BCUT2D eigenvalue weighted by Gasteiger charge is 2.43. The van der Waals surface area contributed by atoms with Gasteiger partial charge in [-0.25, -0.2) is 0 Å². The van der Waals surface area contributed by atoms with E-state index >= 15 is 0 Å². The van der Waals surface area contributed by atoms with E-state index < -0.39 is 117 Å². The quantitative estimate of drug-likeness (QED) is 0.0263. The number of likely N-dealkylation sites (tertiary alicyclic amines) is 1. The summed E-state index contributed by atoms with van der Waals surface area (Å²) < 4.78 is -0.590. The van der Waals surface area contributed by atoms with Crippen molar-refractivity contribution in [1.29, 1.82) is 0 Å². The van der Waals surface area contributed by atoms with Crippen LogP contribution in [0.4, 0.5) is 0 Å². The Morgan fingerprint density at radius 2 is 1.11 bits per heavy atom. The maximum Gasteiger partial charge on any atom is 0.246 e. The average molecular weight is 1130 g/mol. The fourth-order valence-corrected chi connectivity index (χ4v) is 8.90. The fourth-order valence-electron chi connectivity index (χ4n) is 8.90. The van der Waals surface area contributed by atoms with Crippen LogP contribution in [0.2, 0.25) is 0 Å². The molecule has 0 aromatic heterocycles. The second-order valence-electron chi connectivity index (χ2n) is 25.9. The van der Waals surface area contributed by atoms with Gasteiger partial charge in [0.1, 0.15) is 46.8 Å². The molecule has 458 valence electrons. The lowest BCUT2D eigenvalue weighted by Crippen LogP contribution is -2.66. The van der Waals surface area contributed by atoms with Crippen LogP contribution in [0.5, 0.6) is 0 Å². The van der Waals surface area contributed by atoms with Gasteiger partial charge < -0.3 is 67.7 Å². The molecule has 1 rings (SSSR count). The Bertz CT molecular complexity index is 2170. The van der Waals surface area contributed by atoms with Crippen molar-refractivity contribution in [2.24, 2.45) is 35.5 Å². The lowest BCUT2D eigenvalue weighted by molar-refractivity contribution is -0.840. The molecule has 0 radical (unpaired) electrons. The van der Waals surface area contributed by atoms with E-state index in [1.54, 1.807) is 26.8 Å². The zero-order chi connectivity index (χ0) is 62.0. The van der Waals surface area contributed by atoms with Crippen molar-refractivity contribution in [3.05, 3.63) is 17.4 Å². The molecule has 10 N–H and O–H groups in total. The third-order valence-corrected chi connectivity index (χ3v) is 13.7. The zero-order valence-electron chi connectivity index (χ0n) is 51.9. The van der Waals surface area contributed by atoms with E-state index in [1.807, 2.05) is 62.3 Å². The molecule has 0 aromatic rings. The number of hydrogen-bond acceptors (Lipinski definition) is 12. The van der Waals surface area contributed by atoms with Crippen LogP contribution >= 0.6 is 0 Å². The van der Waals surface area contributed by atoms with Crippen molar-refractivity contribution < 1.29 is 57.7 Å². The minimum atomic E-state index is -1.77. The average Bonchev–Trinajstić information content (AvgIpc) is 3.71. The van der Waals surface area contributed by atoms with E-state index in [0.29, 0.717) is 13.0 Å². The number of quaternary nitrogens is 1. The van der Waals surface area contributed by atoms with Crippen molar-refractivity contribution in [3.63, 3.8) is 0 Å². The van der Waals surface area contributed by atoms with Gasteiger partial charge >= 0.3 is 0 Å². The van der Waals surface area contributed by atoms with Crippen molar-refractivity contribution in [2.45, 2.75) is 222 Å². The number of amides is 10.